The van der Waals surface area contributed by atoms with Crippen molar-refractivity contribution in [1.29, 1.82) is 0 Å². The van der Waals surface area contributed by atoms with E-state index in [1.54, 1.807) is 0 Å². The molecular weight excluding hydrogens is 204 g/mol. The van der Waals surface area contributed by atoms with E-state index in [0.717, 1.165) is 0 Å². The molecule has 0 saturated heterocycles. The molecule has 0 atom stereocenters. The standard InChI is InChI=1S/C8H5F2NS.C2H6/c1-4-5(9)2-6-8(7(4)10)12-3-11-6;1-2/h2-3H,1H3;1-2H3. The number of hydrogen-bond donors (Lipinski definition) is 0. The Balaban J connectivity index is 0.000000461. The summed E-state index contributed by atoms with van der Waals surface area (Å²) in [6, 6.07) is 1.25. The van der Waals surface area contributed by atoms with Crippen molar-refractivity contribution >= 4 is 21.6 Å². The first-order valence-corrected chi connectivity index (χ1v) is 5.26. The van der Waals surface area contributed by atoms with Gasteiger partial charge >= 0.3 is 0 Å². The lowest BCUT2D eigenvalue weighted by Crippen LogP contribution is -1.88. The minimum absolute atomic E-state index is 0.0618. The topological polar surface area (TPSA) is 12.9 Å². The Hall–Kier alpha value is -1.03. The van der Waals surface area contributed by atoms with E-state index in [-0.39, 0.29) is 5.56 Å². The highest BCUT2D eigenvalue weighted by atomic mass is 32.1. The van der Waals surface area contributed by atoms with Gasteiger partial charge in [0.05, 0.1) is 15.7 Å². The molecule has 1 nitrogen and oxygen atoms in total. The van der Waals surface area contributed by atoms with Crippen molar-refractivity contribution in [2.45, 2.75) is 20.8 Å². The molecule has 0 saturated carbocycles. The number of fused-ring (bicyclic) bond motifs is 1. The van der Waals surface area contributed by atoms with Crippen LogP contribution in [0.4, 0.5) is 8.78 Å². The molecule has 2 aromatic rings. The second kappa shape index (κ2) is 4.46. The Morgan fingerprint density at radius 1 is 1.29 bits per heavy atom. The van der Waals surface area contributed by atoms with E-state index in [4.69, 9.17) is 0 Å². The summed E-state index contributed by atoms with van der Waals surface area (Å²) in [5.74, 6) is -1.03. The monoisotopic (exact) mass is 215 g/mol. The van der Waals surface area contributed by atoms with Gasteiger partial charge in [-0.3, -0.25) is 0 Å². The minimum atomic E-state index is -0.536. The summed E-state index contributed by atoms with van der Waals surface area (Å²) in [7, 11) is 0. The summed E-state index contributed by atoms with van der Waals surface area (Å²) in [6.45, 7) is 5.42. The number of benzene rings is 1. The Morgan fingerprint density at radius 3 is 2.57 bits per heavy atom. The predicted molar refractivity (Wildman–Crippen MR) is 55.6 cm³/mol. The van der Waals surface area contributed by atoms with E-state index in [9.17, 15) is 8.78 Å². The van der Waals surface area contributed by atoms with Crippen molar-refractivity contribution in [2.24, 2.45) is 0 Å². The third-order valence-corrected chi connectivity index (χ3v) is 2.58. The normalized spacial score (nSPS) is 9.79. The Bertz CT molecular complexity index is 437. The minimum Gasteiger partial charge on any atom is -0.244 e. The van der Waals surface area contributed by atoms with Crippen LogP contribution in [0, 0.1) is 18.6 Å². The molecule has 1 aromatic heterocycles. The molecule has 0 spiro atoms. The van der Waals surface area contributed by atoms with Gasteiger partial charge in [0.15, 0.2) is 0 Å². The maximum absolute atomic E-state index is 13.2. The molecule has 4 heteroatoms. The van der Waals surface area contributed by atoms with Crippen molar-refractivity contribution < 1.29 is 8.78 Å². The van der Waals surface area contributed by atoms with Gasteiger partial charge in [0.1, 0.15) is 11.6 Å². The number of nitrogens with zero attached hydrogens (tertiary/aromatic N) is 1. The highest BCUT2D eigenvalue weighted by Crippen LogP contribution is 2.25. The summed E-state index contributed by atoms with van der Waals surface area (Å²) in [6.07, 6.45) is 0. The number of aromatic nitrogens is 1. The van der Waals surface area contributed by atoms with Crippen molar-refractivity contribution in [3.8, 4) is 0 Å². The van der Waals surface area contributed by atoms with Crippen LogP contribution in [0.1, 0.15) is 19.4 Å². The molecule has 0 aliphatic rings. The fraction of sp³-hybridized carbons (Fsp3) is 0.300. The third-order valence-electron chi connectivity index (χ3n) is 1.75. The maximum atomic E-state index is 13.2. The molecule has 0 radical (unpaired) electrons. The van der Waals surface area contributed by atoms with Gasteiger partial charge in [-0.05, 0) is 6.92 Å². The smallest absolute Gasteiger partial charge is 0.148 e. The van der Waals surface area contributed by atoms with Gasteiger partial charge in [-0.2, -0.15) is 0 Å². The van der Waals surface area contributed by atoms with Crippen LogP contribution in [0.3, 0.4) is 0 Å². The predicted octanol–water partition coefficient (Wildman–Crippen LogP) is 3.91. The first-order chi connectivity index (χ1) is 6.70. The maximum Gasteiger partial charge on any atom is 0.148 e. The van der Waals surface area contributed by atoms with Gasteiger partial charge in [-0.1, -0.05) is 13.8 Å². The highest BCUT2D eigenvalue weighted by Gasteiger charge is 2.10. The Morgan fingerprint density at radius 2 is 1.93 bits per heavy atom. The van der Waals surface area contributed by atoms with Gasteiger partial charge < -0.3 is 0 Å². The zero-order valence-electron chi connectivity index (χ0n) is 8.27. The van der Waals surface area contributed by atoms with Crippen LogP contribution in [0.2, 0.25) is 0 Å². The van der Waals surface area contributed by atoms with E-state index >= 15 is 0 Å². The van der Waals surface area contributed by atoms with Crippen molar-refractivity contribution in [2.75, 3.05) is 0 Å². The first kappa shape index (κ1) is 11.0. The number of rotatable bonds is 0. The molecule has 0 fully saturated rings. The van der Waals surface area contributed by atoms with Crippen LogP contribution >= 0.6 is 11.3 Å². The second-order valence-electron chi connectivity index (χ2n) is 2.50. The fourth-order valence-electron chi connectivity index (χ4n) is 1.03. The van der Waals surface area contributed by atoms with E-state index in [2.05, 4.69) is 4.98 Å². The molecule has 0 aliphatic carbocycles. The summed E-state index contributed by atoms with van der Waals surface area (Å²) in [4.78, 5) is 3.82. The summed E-state index contributed by atoms with van der Waals surface area (Å²) in [5.41, 5.74) is 1.96. The van der Waals surface area contributed by atoms with Crippen molar-refractivity contribution in [1.82, 2.24) is 4.98 Å². The van der Waals surface area contributed by atoms with Gasteiger partial charge in [-0.25, -0.2) is 13.8 Å². The number of halogens is 2. The van der Waals surface area contributed by atoms with Crippen LogP contribution in [-0.4, -0.2) is 4.98 Å². The molecule has 2 rings (SSSR count). The van der Waals surface area contributed by atoms with Gasteiger partial charge in [0, 0.05) is 11.6 Å². The molecule has 0 amide bonds. The van der Waals surface area contributed by atoms with Crippen molar-refractivity contribution in [3.05, 3.63) is 28.8 Å². The quantitative estimate of drug-likeness (QED) is 0.649. The van der Waals surface area contributed by atoms with Crippen LogP contribution in [0.15, 0.2) is 11.6 Å². The zero-order valence-corrected chi connectivity index (χ0v) is 9.08. The SMILES string of the molecule is CC.Cc1c(F)cc2ncsc2c1F. The largest absolute Gasteiger partial charge is 0.244 e. The molecular formula is C10H11F2NS. The molecule has 1 aromatic carbocycles. The van der Waals surface area contributed by atoms with E-state index in [0.29, 0.717) is 10.2 Å². The Kier molecular flexibility index (Phi) is 3.52. The number of hydrogen-bond acceptors (Lipinski definition) is 2. The lowest BCUT2D eigenvalue weighted by molar-refractivity contribution is 0.577. The third kappa shape index (κ3) is 1.75. The highest BCUT2D eigenvalue weighted by molar-refractivity contribution is 7.16. The average molecular weight is 215 g/mol. The van der Waals surface area contributed by atoms with Crippen LogP contribution < -0.4 is 0 Å². The van der Waals surface area contributed by atoms with Crippen LogP contribution in [0.25, 0.3) is 10.2 Å². The molecule has 0 bridgehead atoms. The van der Waals surface area contributed by atoms with E-state index in [1.165, 1.54) is 29.8 Å². The lowest BCUT2D eigenvalue weighted by Gasteiger charge is -1.97. The van der Waals surface area contributed by atoms with Gasteiger partial charge in [0.2, 0.25) is 0 Å². The summed E-state index contributed by atoms with van der Waals surface area (Å²) in [5, 5.41) is 0. The van der Waals surface area contributed by atoms with Crippen LogP contribution in [0.5, 0.6) is 0 Å². The molecule has 0 N–H and O–H groups in total. The van der Waals surface area contributed by atoms with Gasteiger partial charge in [-0.15, -0.1) is 11.3 Å². The fourth-order valence-corrected chi connectivity index (χ4v) is 1.79. The molecule has 76 valence electrons. The molecule has 0 unspecified atom stereocenters. The second-order valence-corrected chi connectivity index (χ2v) is 3.35. The van der Waals surface area contributed by atoms with Gasteiger partial charge in [0.25, 0.3) is 0 Å². The van der Waals surface area contributed by atoms with E-state index in [1.807, 2.05) is 13.8 Å². The number of thiazole rings is 1. The van der Waals surface area contributed by atoms with Crippen LogP contribution in [-0.2, 0) is 0 Å². The Labute approximate surface area is 85.4 Å². The summed E-state index contributed by atoms with van der Waals surface area (Å²) >= 11 is 1.18. The van der Waals surface area contributed by atoms with E-state index < -0.39 is 11.6 Å². The molecule has 1 heterocycles. The van der Waals surface area contributed by atoms with Crippen molar-refractivity contribution in [3.63, 3.8) is 0 Å². The molecule has 14 heavy (non-hydrogen) atoms. The first-order valence-electron chi connectivity index (χ1n) is 4.38. The zero-order chi connectivity index (χ0) is 10.7. The molecule has 0 aliphatic heterocycles. The lowest BCUT2D eigenvalue weighted by atomic mass is 10.2. The summed E-state index contributed by atoms with van der Waals surface area (Å²) < 4.78 is 26.6. The average Bonchev–Trinajstić information content (AvgIpc) is 2.65.